The Labute approximate surface area is 88.0 Å². The summed E-state index contributed by atoms with van der Waals surface area (Å²) < 4.78 is 4.73. The summed E-state index contributed by atoms with van der Waals surface area (Å²) in [5.74, 6) is 0.297. The van der Waals surface area contributed by atoms with Gasteiger partial charge in [-0.05, 0) is 24.6 Å². The van der Waals surface area contributed by atoms with E-state index in [2.05, 4.69) is 12.2 Å². The van der Waals surface area contributed by atoms with Gasteiger partial charge in [0.15, 0.2) is 0 Å². The van der Waals surface area contributed by atoms with E-state index in [0.717, 1.165) is 5.56 Å². The van der Waals surface area contributed by atoms with Crippen LogP contribution in [0.4, 0.5) is 10.5 Å². The van der Waals surface area contributed by atoms with Crippen molar-refractivity contribution in [1.29, 1.82) is 0 Å². The fraction of sp³-hybridized carbons (Fsp3) is 0.200. The fourth-order valence-electron chi connectivity index (χ4n) is 0.873. The van der Waals surface area contributed by atoms with Crippen LogP contribution >= 0.6 is 11.6 Å². The van der Waals surface area contributed by atoms with E-state index in [0.29, 0.717) is 11.6 Å². The number of amides is 1. The molecule has 0 saturated carbocycles. The van der Waals surface area contributed by atoms with Gasteiger partial charge in [0.25, 0.3) is 0 Å². The summed E-state index contributed by atoms with van der Waals surface area (Å²) in [5, 5.41) is 2.56. The molecule has 0 aliphatic heterocycles. The van der Waals surface area contributed by atoms with Gasteiger partial charge >= 0.3 is 6.09 Å². The number of hydrogen-bond acceptors (Lipinski definition) is 2. The molecular weight excluding hydrogens is 202 g/mol. The molecule has 0 aromatic heterocycles. The van der Waals surface area contributed by atoms with Crippen molar-refractivity contribution in [1.82, 2.24) is 0 Å². The van der Waals surface area contributed by atoms with Crippen LogP contribution < -0.4 is 5.32 Å². The highest BCUT2D eigenvalue weighted by molar-refractivity contribution is 6.18. The second kappa shape index (κ2) is 5.50. The maximum Gasteiger partial charge on any atom is 0.411 e. The van der Waals surface area contributed by atoms with E-state index < -0.39 is 6.09 Å². The Balaban J connectivity index is 2.44. The lowest BCUT2D eigenvalue weighted by Crippen LogP contribution is -2.14. The number of anilines is 1. The molecule has 0 fully saturated rings. The highest BCUT2D eigenvalue weighted by Gasteiger charge is 2.01. The number of halogens is 1. The lowest BCUT2D eigenvalue weighted by atomic mass is 10.2. The first-order valence-corrected chi connectivity index (χ1v) is 4.67. The van der Waals surface area contributed by atoms with Crippen LogP contribution in [0.25, 0.3) is 0 Å². The predicted molar refractivity (Wildman–Crippen MR) is 56.6 cm³/mol. The number of hydrogen-bond donors (Lipinski definition) is 1. The Morgan fingerprint density at radius 1 is 1.43 bits per heavy atom. The number of benzene rings is 1. The van der Waals surface area contributed by atoms with E-state index in [1.54, 1.807) is 24.3 Å². The van der Waals surface area contributed by atoms with E-state index >= 15 is 0 Å². The van der Waals surface area contributed by atoms with Crippen molar-refractivity contribution in [2.24, 2.45) is 0 Å². The van der Waals surface area contributed by atoms with Crippen LogP contribution in [0, 0.1) is 6.92 Å². The third-order valence-corrected chi connectivity index (χ3v) is 1.66. The number of ether oxygens (including phenoxy) is 1. The monoisotopic (exact) mass is 212 g/mol. The molecular formula is C10H11ClNO2. The van der Waals surface area contributed by atoms with Crippen LogP contribution in [0.3, 0.4) is 0 Å². The number of rotatable bonds is 3. The van der Waals surface area contributed by atoms with Gasteiger partial charge in [-0.25, -0.2) is 4.79 Å². The van der Waals surface area contributed by atoms with Gasteiger partial charge in [0.1, 0.15) is 6.61 Å². The van der Waals surface area contributed by atoms with E-state index in [-0.39, 0.29) is 6.61 Å². The van der Waals surface area contributed by atoms with Gasteiger partial charge in [0.2, 0.25) is 0 Å². The first-order chi connectivity index (χ1) is 6.72. The summed E-state index contributed by atoms with van der Waals surface area (Å²) in [5.41, 5.74) is 1.57. The lowest BCUT2D eigenvalue weighted by molar-refractivity contribution is 0.168. The molecule has 0 bridgehead atoms. The van der Waals surface area contributed by atoms with Crippen molar-refractivity contribution in [3.63, 3.8) is 0 Å². The largest absolute Gasteiger partial charge is 0.448 e. The molecule has 0 spiro atoms. The highest BCUT2D eigenvalue weighted by Crippen LogP contribution is 2.08. The maximum atomic E-state index is 11.0. The molecule has 0 aliphatic carbocycles. The first kappa shape index (κ1) is 10.9. The first-order valence-electron chi connectivity index (χ1n) is 4.14. The van der Waals surface area contributed by atoms with E-state index in [1.165, 1.54) is 0 Å². The molecule has 0 heterocycles. The minimum atomic E-state index is -0.498. The zero-order chi connectivity index (χ0) is 10.4. The Kier molecular flexibility index (Phi) is 4.26. The van der Waals surface area contributed by atoms with Crippen LogP contribution in [0.15, 0.2) is 24.3 Å². The smallest absolute Gasteiger partial charge is 0.411 e. The van der Waals surface area contributed by atoms with Crippen LogP contribution in [-0.2, 0) is 4.74 Å². The molecule has 0 unspecified atom stereocenters. The normalized spacial score (nSPS) is 9.57. The Morgan fingerprint density at radius 2 is 2.07 bits per heavy atom. The van der Waals surface area contributed by atoms with Crippen LogP contribution in [-0.4, -0.2) is 18.6 Å². The van der Waals surface area contributed by atoms with Crippen LogP contribution in [0.5, 0.6) is 0 Å². The van der Waals surface area contributed by atoms with Crippen molar-refractivity contribution in [2.75, 3.05) is 17.8 Å². The van der Waals surface area contributed by atoms with Gasteiger partial charge in [-0.2, -0.15) is 0 Å². The number of nitrogens with one attached hydrogen (secondary N) is 1. The third kappa shape index (κ3) is 3.66. The molecule has 4 heteroatoms. The summed E-state index contributed by atoms with van der Waals surface area (Å²) in [4.78, 5) is 11.0. The SMILES string of the molecule is [CH2]c1ccc(NC(=O)OCCCl)cc1. The van der Waals surface area contributed by atoms with Crippen molar-refractivity contribution in [2.45, 2.75) is 0 Å². The molecule has 14 heavy (non-hydrogen) atoms. The quantitative estimate of drug-likeness (QED) is 0.783. The topological polar surface area (TPSA) is 38.3 Å². The molecule has 1 rings (SSSR count). The molecule has 0 saturated heterocycles. The molecule has 0 atom stereocenters. The minimum Gasteiger partial charge on any atom is -0.448 e. The van der Waals surface area contributed by atoms with Gasteiger partial charge in [-0.1, -0.05) is 12.1 Å². The summed E-state index contributed by atoms with van der Waals surface area (Å²) in [6.07, 6.45) is -0.498. The summed E-state index contributed by atoms with van der Waals surface area (Å²) >= 11 is 5.36. The molecule has 3 nitrogen and oxygen atoms in total. The second-order valence-corrected chi connectivity index (χ2v) is 3.02. The fourth-order valence-corrected chi connectivity index (χ4v) is 0.950. The van der Waals surface area contributed by atoms with E-state index in [9.17, 15) is 4.79 Å². The highest BCUT2D eigenvalue weighted by atomic mass is 35.5. The summed E-state index contributed by atoms with van der Waals surface area (Å²) in [7, 11) is 0. The third-order valence-electron chi connectivity index (χ3n) is 1.51. The summed E-state index contributed by atoms with van der Waals surface area (Å²) in [6.45, 7) is 3.94. The molecule has 1 N–H and O–H groups in total. The van der Waals surface area contributed by atoms with E-state index in [1.807, 2.05) is 0 Å². The average Bonchev–Trinajstić information content (AvgIpc) is 2.18. The van der Waals surface area contributed by atoms with Gasteiger partial charge in [0.05, 0.1) is 5.88 Å². The van der Waals surface area contributed by atoms with Crippen molar-refractivity contribution >= 4 is 23.4 Å². The number of carbonyl (C=O) groups is 1. The number of carbonyl (C=O) groups excluding carboxylic acids is 1. The minimum absolute atomic E-state index is 0.209. The maximum absolute atomic E-state index is 11.0. The zero-order valence-corrected chi connectivity index (χ0v) is 8.38. The average molecular weight is 213 g/mol. The zero-order valence-electron chi connectivity index (χ0n) is 7.63. The molecule has 1 amide bonds. The summed E-state index contributed by atoms with van der Waals surface area (Å²) in [6, 6.07) is 7.11. The molecule has 1 aromatic rings. The Bertz CT molecular complexity index is 297. The van der Waals surface area contributed by atoms with Crippen molar-refractivity contribution in [3.8, 4) is 0 Å². The van der Waals surface area contributed by atoms with Gasteiger partial charge in [-0.15, -0.1) is 11.6 Å². The van der Waals surface area contributed by atoms with Crippen LogP contribution in [0.2, 0.25) is 0 Å². The van der Waals surface area contributed by atoms with Gasteiger partial charge in [-0.3, -0.25) is 5.32 Å². The molecule has 75 valence electrons. The second-order valence-electron chi connectivity index (χ2n) is 2.65. The standard InChI is InChI=1S/C10H11ClNO2/c1-8-2-4-9(5-3-8)12-10(13)14-7-6-11/h2-5H,1,6-7H2,(H,12,13). The Morgan fingerprint density at radius 3 is 2.64 bits per heavy atom. The number of alkyl halides is 1. The van der Waals surface area contributed by atoms with E-state index in [4.69, 9.17) is 16.3 Å². The molecule has 0 aliphatic rings. The van der Waals surface area contributed by atoms with Gasteiger partial charge in [0, 0.05) is 5.69 Å². The van der Waals surface area contributed by atoms with Crippen LogP contribution in [0.1, 0.15) is 5.56 Å². The Hall–Kier alpha value is -1.22. The van der Waals surface area contributed by atoms with Crippen molar-refractivity contribution in [3.05, 3.63) is 36.8 Å². The van der Waals surface area contributed by atoms with Crippen molar-refractivity contribution < 1.29 is 9.53 Å². The van der Waals surface area contributed by atoms with Gasteiger partial charge < -0.3 is 4.74 Å². The molecule has 1 aromatic carbocycles. The molecule has 1 radical (unpaired) electrons. The predicted octanol–water partition coefficient (Wildman–Crippen LogP) is 2.66. The lowest BCUT2D eigenvalue weighted by Gasteiger charge is -2.05.